The molecule has 1 aromatic carbocycles. The summed E-state index contributed by atoms with van der Waals surface area (Å²) < 4.78 is 72.6. The van der Waals surface area contributed by atoms with Crippen molar-refractivity contribution in [1.29, 1.82) is 5.26 Å². The van der Waals surface area contributed by atoms with E-state index in [1.807, 2.05) is 0 Å². The summed E-state index contributed by atoms with van der Waals surface area (Å²) in [7, 11) is -3.85. The third-order valence-corrected chi connectivity index (χ3v) is 9.19. The molecule has 0 radical (unpaired) electrons. The van der Waals surface area contributed by atoms with Crippen LogP contribution in [0.4, 0.5) is 23.7 Å². The number of sulfonamides is 1. The number of anilines is 1. The second-order valence-corrected chi connectivity index (χ2v) is 12.3. The van der Waals surface area contributed by atoms with Gasteiger partial charge < -0.3 is 15.2 Å². The van der Waals surface area contributed by atoms with Crippen LogP contribution in [0.25, 0.3) is 28.0 Å². The topological polar surface area (TPSA) is 176 Å². The summed E-state index contributed by atoms with van der Waals surface area (Å²) in [6, 6.07) is 9.40. The minimum atomic E-state index is -4.53. The molecule has 2 N–H and O–H groups in total. The summed E-state index contributed by atoms with van der Waals surface area (Å²) in [6.07, 6.45) is 3.13. The van der Waals surface area contributed by atoms with E-state index in [4.69, 9.17) is 4.52 Å². The highest BCUT2D eigenvalue weighted by Crippen LogP contribution is 2.37. The summed E-state index contributed by atoms with van der Waals surface area (Å²) in [5.74, 6) is 0.177. The van der Waals surface area contributed by atoms with E-state index in [-0.39, 0.29) is 35.9 Å². The normalized spacial score (nSPS) is 15.0. The molecule has 2 amide bonds. The highest BCUT2D eigenvalue weighted by Gasteiger charge is 2.51. The zero-order chi connectivity index (χ0) is 32.0. The van der Waals surface area contributed by atoms with Gasteiger partial charge in [0, 0.05) is 41.7 Å². The molecule has 1 fully saturated rings. The number of aromatic nitrogens is 6. The molecule has 18 heteroatoms. The van der Waals surface area contributed by atoms with Gasteiger partial charge in [-0.1, -0.05) is 17.3 Å². The summed E-state index contributed by atoms with van der Waals surface area (Å²) in [5.41, 5.74) is 2.39. The van der Waals surface area contributed by atoms with E-state index in [2.05, 4.69) is 31.7 Å². The van der Waals surface area contributed by atoms with Crippen molar-refractivity contribution < 1.29 is 30.9 Å². The van der Waals surface area contributed by atoms with E-state index in [0.717, 1.165) is 6.20 Å². The number of carbonyl (C=O) groups excluding carboxylic acids is 1. The Morgan fingerprint density at radius 2 is 1.89 bits per heavy atom. The number of hydrogen-bond acceptors (Lipinski definition) is 9. The molecule has 1 saturated heterocycles. The predicted molar refractivity (Wildman–Crippen MR) is 151 cm³/mol. The minimum absolute atomic E-state index is 0.0259. The van der Waals surface area contributed by atoms with E-state index in [9.17, 15) is 31.6 Å². The van der Waals surface area contributed by atoms with Crippen LogP contribution >= 0.6 is 0 Å². The van der Waals surface area contributed by atoms with Crippen LogP contribution in [0.2, 0.25) is 0 Å². The minimum Gasteiger partial charge on any atom is -0.360 e. The number of carbonyl (C=O) groups is 1. The highest BCUT2D eigenvalue weighted by atomic mass is 32.2. The molecule has 1 aliphatic heterocycles. The van der Waals surface area contributed by atoms with Gasteiger partial charge in [-0.2, -0.15) is 32.9 Å². The number of hydrogen-bond donors (Lipinski definition) is 2. The molecule has 45 heavy (non-hydrogen) atoms. The number of nitriles is 1. The van der Waals surface area contributed by atoms with Crippen molar-refractivity contribution in [3.8, 4) is 28.5 Å². The Morgan fingerprint density at radius 3 is 2.60 bits per heavy atom. The smallest absolute Gasteiger partial charge is 0.360 e. The lowest BCUT2D eigenvalue weighted by atomic mass is 9.89. The molecule has 0 aliphatic carbocycles. The van der Waals surface area contributed by atoms with Crippen LogP contribution in [-0.2, 0) is 15.6 Å². The SMILES string of the molecule is Cc1oncc1S(=O)(=O)N1CC(CC#N)(n2cc(-c3cnn4c(-c5cccc(NC(=O)NCC(F)(F)F)c5)cnc4c3)cn2)C1. The van der Waals surface area contributed by atoms with Crippen LogP contribution in [-0.4, -0.2) is 74.1 Å². The van der Waals surface area contributed by atoms with E-state index in [0.29, 0.717) is 28.0 Å². The van der Waals surface area contributed by atoms with Gasteiger partial charge in [0.25, 0.3) is 0 Å². The molecule has 0 saturated carbocycles. The number of halogens is 3. The number of benzene rings is 1. The van der Waals surface area contributed by atoms with Gasteiger partial charge in [0.05, 0.1) is 43.0 Å². The Bertz CT molecular complexity index is 2060. The van der Waals surface area contributed by atoms with Crippen LogP contribution in [0, 0.1) is 18.3 Å². The monoisotopic (exact) mass is 640 g/mol. The van der Waals surface area contributed by atoms with E-state index in [1.165, 1.54) is 17.3 Å². The maximum Gasteiger partial charge on any atom is 0.405 e. The second-order valence-electron chi connectivity index (χ2n) is 10.4. The summed E-state index contributed by atoms with van der Waals surface area (Å²) in [4.78, 5) is 16.3. The zero-order valence-corrected chi connectivity index (χ0v) is 24.2. The van der Waals surface area contributed by atoms with E-state index in [1.54, 1.807) is 63.6 Å². The largest absolute Gasteiger partial charge is 0.405 e. The Balaban J connectivity index is 1.20. The van der Waals surface area contributed by atoms with Gasteiger partial charge in [-0.15, -0.1) is 0 Å². The van der Waals surface area contributed by atoms with Crippen molar-refractivity contribution in [2.24, 2.45) is 0 Å². The van der Waals surface area contributed by atoms with Gasteiger partial charge in [0.15, 0.2) is 11.4 Å². The summed E-state index contributed by atoms with van der Waals surface area (Å²) >= 11 is 0. The van der Waals surface area contributed by atoms with Crippen LogP contribution in [0.5, 0.6) is 0 Å². The number of imidazole rings is 1. The van der Waals surface area contributed by atoms with Crippen LogP contribution in [0.15, 0.2) is 70.7 Å². The zero-order valence-electron chi connectivity index (χ0n) is 23.4. The molecule has 0 bridgehead atoms. The molecule has 0 atom stereocenters. The number of rotatable bonds is 8. The molecule has 6 rings (SSSR count). The van der Waals surface area contributed by atoms with Crippen molar-refractivity contribution in [2.45, 2.75) is 30.0 Å². The highest BCUT2D eigenvalue weighted by molar-refractivity contribution is 7.89. The van der Waals surface area contributed by atoms with Crippen LogP contribution in [0.3, 0.4) is 0 Å². The lowest BCUT2D eigenvalue weighted by molar-refractivity contribution is -0.122. The first-order valence-electron chi connectivity index (χ1n) is 13.3. The maximum atomic E-state index is 13.0. The lowest BCUT2D eigenvalue weighted by Crippen LogP contribution is -2.64. The predicted octanol–water partition coefficient (Wildman–Crippen LogP) is 3.55. The first kappa shape index (κ1) is 29.8. The molecular weight excluding hydrogens is 617 g/mol. The van der Waals surface area contributed by atoms with E-state index >= 15 is 0 Å². The first-order chi connectivity index (χ1) is 21.4. The van der Waals surface area contributed by atoms with E-state index < -0.39 is 34.3 Å². The first-order valence-corrected chi connectivity index (χ1v) is 14.7. The number of alkyl halides is 3. The maximum absolute atomic E-state index is 13.0. The van der Waals surface area contributed by atoms with Crippen LogP contribution < -0.4 is 10.6 Å². The molecule has 14 nitrogen and oxygen atoms in total. The number of amides is 2. The van der Waals surface area contributed by atoms with Gasteiger partial charge in [0.1, 0.15) is 17.0 Å². The van der Waals surface area contributed by atoms with Gasteiger partial charge in [-0.05, 0) is 25.1 Å². The van der Waals surface area contributed by atoms with Crippen molar-refractivity contribution in [1.82, 2.24) is 39.2 Å². The average molecular weight is 641 g/mol. The molecule has 5 heterocycles. The van der Waals surface area contributed by atoms with Gasteiger partial charge >= 0.3 is 12.2 Å². The Hall–Kier alpha value is -5.28. The summed E-state index contributed by atoms with van der Waals surface area (Å²) in [5, 5.41) is 26.2. The number of nitrogens with one attached hydrogen (secondary N) is 2. The standard InChI is InChI=1S/C27H23F3N10O4S/c1-17-23(12-36-44-17)45(42,43)38-15-26(16-38,5-6-31)39-13-20(10-34-39)19-8-24-32-11-22(40(24)35-9-19)18-3-2-4-21(7-18)37-25(41)33-14-27(28,29)30/h2-4,7-13H,5,14-16H2,1H3,(H2,33,37,41). The lowest BCUT2D eigenvalue weighted by Gasteiger charge is -2.47. The fourth-order valence-corrected chi connectivity index (χ4v) is 6.69. The molecule has 0 unspecified atom stereocenters. The molecule has 232 valence electrons. The third-order valence-electron chi connectivity index (χ3n) is 7.30. The van der Waals surface area contributed by atoms with Gasteiger partial charge in [-0.3, -0.25) is 4.68 Å². The van der Waals surface area contributed by atoms with Crippen LogP contribution in [0.1, 0.15) is 12.2 Å². The van der Waals surface area contributed by atoms with Crippen molar-refractivity contribution in [3.63, 3.8) is 0 Å². The molecule has 1 aliphatic rings. The number of fused-ring (bicyclic) bond motifs is 1. The Labute approximate surface area is 253 Å². The molecule has 0 spiro atoms. The van der Waals surface area contributed by atoms with Crippen molar-refractivity contribution in [3.05, 3.63) is 67.1 Å². The summed E-state index contributed by atoms with van der Waals surface area (Å²) in [6.45, 7) is 0.123. The second kappa shape index (κ2) is 11.0. The van der Waals surface area contributed by atoms with Gasteiger partial charge in [-0.25, -0.2) is 22.7 Å². The number of nitrogens with zero attached hydrogens (tertiary/aromatic N) is 8. The fourth-order valence-electron chi connectivity index (χ4n) is 5.02. The van der Waals surface area contributed by atoms with Crippen molar-refractivity contribution >= 4 is 27.4 Å². The third kappa shape index (κ3) is 5.70. The fraction of sp³-hybridized carbons (Fsp3) is 0.259. The number of aryl methyl sites for hydroxylation is 1. The molecular formula is C27H23F3N10O4S. The quantitative estimate of drug-likeness (QED) is 0.257. The average Bonchev–Trinajstić information content (AvgIpc) is 3.73. The molecule has 4 aromatic heterocycles. The Morgan fingerprint density at radius 1 is 1.11 bits per heavy atom. The Kier molecular flexibility index (Phi) is 7.29. The van der Waals surface area contributed by atoms with Gasteiger partial charge in [0.2, 0.25) is 10.0 Å². The van der Waals surface area contributed by atoms with Crippen molar-refractivity contribution in [2.75, 3.05) is 25.0 Å². The number of urea groups is 1. The molecule has 5 aromatic rings.